The van der Waals surface area contributed by atoms with Crippen LogP contribution in [0, 0.1) is 5.41 Å². The molecule has 2 aliphatic rings. The number of hydrogen-bond acceptors (Lipinski definition) is 2. The van der Waals surface area contributed by atoms with Crippen molar-refractivity contribution in [1.29, 1.82) is 0 Å². The number of nitrogens with zero attached hydrogens (tertiary/aromatic N) is 1. The van der Waals surface area contributed by atoms with Crippen LogP contribution in [0.1, 0.15) is 31.2 Å². The van der Waals surface area contributed by atoms with Gasteiger partial charge in [0.25, 0.3) is 0 Å². The third-order valence-corrected chi connectivity index (χ3v) is 4.99. The van der Waals surface area contributed by atoms with Gasteiger partial charge in [0.05, 0.1) is 11.8 Å². The van der Waals surface area contributed by atoms with Gasteiger partial charge in [0.15, 0.2) is 0 Å². The highest BCUT2D eigenvalue weighted by atomic mass is 16.4. The number of amides is 1. The number of carbonyl (C=O) groups excluding carboxylic acids is 1. The standard InChI is InChI=1S/C18H21NO3/c20-16(13-14-5-2-1-3-6-14)19-11-7-15(8-12-19)18(17(21)22)9-4-10-18/h1-3,5-7H,4,8-13H2,(H,21,22). The van der Waals surface area contributed by atoms with E-state index in [2.05, 4.69) is 0 Å². The first-order valence-corrected chi connectivity index (χ1v) is 7.86. The van der Waals surface area contributed by atoms with Crippen LogP contribution in [0.3, 0.4) is 0 Å². The lowest BCUT2D eigenvalue weighted by atomic mass is 9.62. The zero-order valence-corrected chi connectivity index (χ0v) is 12.6. The molecular formula is C18H21NO3. The molecule has 1 aliphatic carbocycles. The predicted octanol–water partition coefficient (Wildman–Crippen LogP) is 2.64. The topological polar surface area (TPSA) is 57.6 Å². The zero-order chi connectivity index (χ0) is 15.6. The molecule has 3 rings (SSSR count). The van der Waals surface area contributed by atoms with Gasteiger partial charge in [0.1, 0.15) is 0 Å². The van der Waals surface area contributed by atoms with E-state index in [4.69, 9.17) is 0 Å². The Balaban J connectivity index is 1.63. The van der Waals surface area contributed by atoms with E-state index in [-0.39, 0.29) is 5.91 Å². The minimum absolute atomic E-state index is 0.111. The molecule has 0 unspecified atom stereocenters. The predicted molar refractivity (Wildman–Crippen MR) is 83.3 cm³/mol. The monoisotopic (exact) mass is 299 g/mol. The molecule has 116 valence electrons. The Morgan fingerprint density at radius 1 is 1.18 bits per heavy atom. The lowest BCUT2D eigenvalue weighted by Crippen LogP contribution is -2.44. The van der Waals surface area contributed by atoms with Crippen LogP contribution in [-0.2, 0) is 16.0 Å². The quantitative estimate of drug-likeness (QED) is 0.870. The van der Waals surface area contributed by atoms with Gasteiger partial charge < -0.3 is 10.0 Å². The second-order valence-electron chi connectivity index (χ2n) is 6.22. The summed E-state index contributed by atoms with van der Waals surface area (Å²) >= 11 is 0. The summed E-state index contributed by atoms with van der Waals surface area (Å²) < 4.78 is 0. The number of carboxylic acid groups (broad SMARTS) is 1. The fraction of sp³-hybridized carbons (Fsp3) is 0.444. The van der Waals surface area contributed by atoms with Crippen LogP contribution >= 0.6 is 0 Å². The van der Waals surface area contributed by atoms with E-state index in [0.29, 0.717) is 25.9 Å². The SMILES string of the molecule is O=C(Cc1ccccc1)N1CC=C(C2(C(=O)O)CCC2)CC1. The van der Waals surface area contributed by atoms with Gasteiger partial charge in [0, 0.05) is 13.1 Å². The van der Waals surface area contributed by atoms with Crippen LogP contribution in [-0.4, -0.2) is 35.0 Å². The van der Waals surface area contributed by atoms with Gasteiger partial charge in [-0.25, -0.2) is 0 Å². The van der Waals surface area contributed by atoms with E-state index in [9.17, 15) is 14.7 Å². The fourth-order valence-electron chi connectivity index (χ4n) is 3.42. The molecule has 1 saturated carbocycles. The van der Waals surface area contributed by atoms with Crippen LogP contribution < -0.4 is 0 Å². The number of aliphatic carboxylic acids is 1. The summed E-state index contributed by atoms with van der Waals surface area (Å²) in [6, 6.07) is 9.72. The minimum atomic E-state index is -0.700. The first kappa shape index (κ1) is 14.8. The molecule has 22 heavy (non-hydrogen) atoms. The molecule has 1 N–H and O–H groups in total. The lowest BCUT2D eigenvalue weighted by Gasteiger charge is -2.42. The van der Waals surface area contributed by atoms with Gasteiger partial charge in [-0.15, -0.1) is 0 Å². The van der Waals surface area contributed by atoms with Gasteiger partial charge in [-0.2, -0.15) is 0 Å². The number of carboxylic acids is 1. The van der Waals surface area contributed by atoms with Crippen molar-refractivity contribution < 1.29 is 14.7 Å². The summed E-state index contributed by atoms with van der Waals surface area (Å²) in [5.74, 6) is -0.589. The Kier molecular flexibility index (Phi) is 4.01. The zero-order valence-electron chi connectivity index (χ0n) is 12.6. The molecule has 1 fully saturated rings. The van der Waals surface area contributed by atoms with Crippen molar-refractivity contribution in [3.8, 4) is 0 Å². The summed E-state index contributed by atoms with van der Waals surface area (Å²) in [5.41, 5.74) is 1.41. The average molecular weight is 299 g/mol. The van der Waals surface area contributed by atoms with E-state index in [1.165, 1.54) is 0 Å². The summed E-state index contributed by atoms with van der Waals surface area (Å²) in [7, 11) is 0. The molecule has 1 heterocycles. The Morgan fingerprint density at radius 3 is 2.41 bits per heavy atom. The molecule has 0 bridgehead atoms. The van der Waals surface area contributed by atoms with E-state index >= 15 is 0 Å². The lowest BCUT2D eigenvalue weighted by molar-refractivity contribution is -0.151. The van der Waals surface area contributed by atoms with Crippen LogP contribution in [0.15, 0.2) is 42.0 Å². The number of hydrogen-bond donors (Lipinski definition) is 1. The summed E-state index contributed by atoms with van der Waals surface area (Å²) in [4.78, 5) is 25.7. The smallest absolute Gasteiger partial charge is 0.313 e. The van der Waals surface area contributed by atoms with E-state index in [0.717, 1.165) is 30.4 Å². The van der Waals surface area contributed by atoms with Crippen molar-refractivity contribution in [2.45, 2.75) is 32.1 Å². The molecular weight excluding hydrogens is 278 g/mol. The van der Waals surface area contributed by atoms with Crippen LogP contribution in [0.4, 0.5) is 0 Å². The maximum atomic E-state index is 12.3. The van der Waals surface area contributed by atoms with Crippen LogP contribution in [0.5, 0.6) is 0 Å². The fourth-order valence-corrected chi connectivity index (χ4v) is 3.42. The van der Waals surface area contributed by atoms with Crippen molar-refractivity contribution in [2.24, 2.45) is 5.41 Å². The highest BCUT2D eigenvalue weighted by Gasteiger charge is 2.47. The normalized spacial score (nSPS) is 20.0. The number of rotatable bonds is 4. The first-order valence-electron chi connectivity index (χ1n) is 7.86. The van der Waals surface area contributed by atoms with E-state index in [1.54, 1.807) is 0 Å². The van der Waals surface area contributed by atoms with Gasteiger partial charge in [-0.1, -0.05) is 48.4 Å². The molecule has 1 aliphatic heterocycles. The van der Waals surface area contributed by atoms with Crippen LogP contribution in [0.2, 0.25) is 0 Å². The van der Waals surface area contributed by atoms with Crippen molar-refractivity contribution >= 4 is 11.9 Å². The summed E-state index contributed by atoms with van der Waals surface area (Å²) in [6.07, 6.45) is 5.54. The van der Waals surface area contributed by atoms with Crippen molar-refractivity contribution in [3.63, 3.8) is 0 Å². The van der Waals surface area contributed by atoms with E-state index < -0.39 is 11.4 Å². The first-order chi connectivity index (χ1) is 10.6. The maximum absolute atomic E-state index is 12.3. The second-order valence-corrected chi connectivity index (χ2v) is 6.22. The van der Waals surface area contributed by atoms with Crippen molar-refractivity contribution in [3.05, 3.63) is 47.5 Å². The van der Waals surface area contributed by atoms with Crippen molar-refractivity contribution in [2.75, 3.05) is 13.1 Å². The van der Waals surface area contributed by atoms with E-state index in [1.807, 2.05) is 41.3 Å². The molecule has 4 heteroatoms. The van der Waals surface area contributed by atoms with Gasteiger partial charge in [-0.3, -0.25) is 9.59 Å². The molecule has 0 saturated heterocycles. The third-order valence-electron chi connectivity index (χ3n) is 4.99. The Labute approximate surface area is 130 Å². The average Bonchev–Trinajstić information content (AvgIpc) is 2.47. The third kappa shape index (κ3) is 2.65. The molecule has 0 spiro atoms. The molecule has 1 aromatic rings. The van der Waals surface area contributed by atoms with Crippen molar-refractivity contribution in [1.82, 2.24) is 4.90 Å². The molecule has 0 radical (unpaired) electrons. The van der Waals surface area contributed by atoms with Crippen LogP contribution in [0.25, 0.3) is 0 Å². The largest absolute Gasteiger partial charge is 0.481 e. The maximum Gasteiger partial charge on any atom is 0.313 e. The van der Waals surface area contributed by atoms with Gasteiger partial charge >= 0.3 is 5.97 Å². The molecule has 0 aromatic heterocycles. The Morgan fingerprint density at radius 2 is 1.91 bits per heavy atom. The molecule has 0 atom stereocenters. The summed E-state index contributed by atoms with van der Waals surface area (Å²) in [6.45, 7) is 1.17. The highest BCUT2D eigenvalue weighted by Crippen LogP contribution is 2.49. The summed E-state index contributed by atoms with van der Waals surface area (Å²) in [5, 5.41) is 9.48. The molecule has 4 nitrogen and oxygen atoms in total. The minimum Gasteiger partial charge on any atom is -0.481 e. The molecule has 1 amide bonds. The highest BCUT2D eigenvalue weighted by molar-refractivity contribution is 5.81. The molecule has 1 aromatic carbocycles. The van der Waals surface area contributed by atoms with Gasteiger partial charge in [0.2, 0.25) is 5.91 Å². The second kappa shape index (κ2) is 5.95. The Bertz CT molecular complexity index is 602. The Hall–Kier alpha value is -2.10. The number of carbonyl (C=O) groups is 2. The van der Waals surface area contributed by atoms with Gasteiger partial charge in [-0.05, 0) is 24.8 Å². The number of benzene rings is 1.